The van der Waals surface area contributed by atoms with Crippen LogP contribution in [0.3, 0.4) is 0 Å². The lowest BCUT2D eigenvalue weighted by Gasteiger charge is -2.42. The zero-order valence-corrected chi connectivity index (χ0v) is 29.7. The predicted octanol–water partition coefficient (Wildman–Crippen LogP) is 2.37. The van der Waals surface area contributed by atoms with Gasteiger partial charge in [-0.2, -0.15) is 0 Å². The molecule has 0 aromatic rings. The largest absolute Gasteiger partial charge is 0.376 e. The Labute approximate surface area is 280 Å². The standard InChI is InChI=1S/C34H59N7O6/c1-10-12-13-16-23(26(42)29(44)35-18-11-2)36-28(43)24-17-14-21-41(24)30(45)27(34(6,7)8)38-31(46)37-25(33(3,4)5)22-40-20-15-19-39(9)32(40)47/h11,13,16,23-25,27,30,45H,2,10,12,14-15,17-22H2,1,3-9H3,(H,35,44)(H,36,43)(H2,37,38,46)/b16-13+/t23?,24-,25+,27+,30?/m0/s1. The smallest absolute Gasteiger partial charge is 0.319 e. The normalized spacial score (nSPS) is 20.4. The highest BCUT2D eigenvalue weighted by atomic mass is 16.3. The minimum atomic E-state index is -1.23. The van der Waals surface area contributed by atoms with Gasteiger partial charge in [0.1, 0.15) is 12.3 Å². The number of Topliss-reactive ketones (excluding diaryl/α,β-unsaturated/α-hetero) is 1. The molecule has 47 heavy (non-hydrogen) atoms. The topological polar surface area (TPSA) is 163 Å². The number of ketones is 1. The van der Waals surface area contributed by atoms with E-state index in [0.29, 0.717) is 45.4 Å². The molecule has 2 heterocycles. The molecule has 2 saturated heterocycles. The Morgan fingerprint density at radius 1 is 1.00 bits per heavy atom. The monoisotopic (exact) mass is 661 g/mol. The van der Waals surface area contributed by atoms with Crippen molar-refractivity contribution in [1.29, 1.82) is 0 Å². The Morgan fingerprint density at radius 2 is 1.68 bits per heavy atom. The minimum absolute atomic E-state index is 0.0729. The van der Waals surface area contributed by atoms with E-state index in [9.17, 15) is 29.1 Å². The molecule has 266 valence electrons. The summed E-state index contributed by atoms with van der Waals surface area (Å²) in [7, 11) is 1.77. The Morgan fingerprint density at radius 3 is 2.28 bits per heavy atom. The van der Waals surface area contributed by atoms with E-state index in [0.717, 1.165) is 12.8 Å². The number of carbonyl (C=O) groups excluding carboxylic acids is 5. The van der Waals surface area contributed by atoms with Crippen LogP contribution in [0.4, 0.5) is 9.59 Å². The Hall–Kier alpha value is -3.45. The van der Waals surface area contributed by atoms with Gasteiger partial charge < -0.3 is 36.2 Å². The number of nitrogens with zero attached hydrogens (tertiary/aromatic N) is 3. The molecule has 5 atom stereocenters. The van der Waals surface area contributed by atoms with E-state index in [2.05, 4.69) is 27.8 Å². The summed E-state index contributed by atoms with van der Waals surface area (Å²) < 4.78 is 0. The fraction of sp³-hybridized carbons (Fsp3) is 0.735. The summed E-state index contributed by atoms with van der Waals surface area (Å²) in [4.78, 5) is 70.3. The summed E-state index contributed by atoms with van der Waals surface area (Å²) in [6.45, 7) is 19.4. The fourth-order valence-electron chi connectivity index (χ4n) is 5.76. The van der Waals surface area contributed by atoms with E-state index >= 15 is 0 Å². The summed E-state index contributed by atoms with van der Waals surface area (Å²) >= 11 is 0. The Balaban J connectivity index is 2.21. The summed E-state index contributed by atoms with van der Waals surface area (Å²) in [6.07, 6.45) is 6.91. The van der Waals surface area contributed by atoms with Gasteiger partial charge in [0.15, 0.2) is 0 Å². The van der Waals surface area contributed by atoms with E-state index in [1.54, 1.807) is 27.8 Å². The average Bonchev–Trinajstić information content (AvgIpc) is 3.48. The summed E-state index contributed by atoms with van der Waals surface area (Å²) in [5, 5.41) is 22.9. The number of rotatable bonds is 15. The maximum absolute atomic E-state index is 13.6. The van der Waals surface area contributed by atoms with Crippen LogP contribution in [0.2, 0.25) is 0 Å². The second-order valence-corrected chi connectivity index (χ2v) is 14.8. The summed E-state index contributed by atoms with van der Waals surface area (Å²) in [6, 6.07) is -3.67. The molecule has 0 aromatic heterocycles. The first-order valence-corrected chi connectivity index (χ1v) is 16.8. The van der Waals surface area contributed by atoms with Crippen molar-refractivity contribution in [3.05, 3.63) is 24.8 Å². The molecular formula is C34H59N7O6. The van der Waals surface area contributed by atoms with Crippen molar-refractivity contribution in [3.63, 3.8) is 0 Å². The van der Waals surface area contributed by atoms with Crippen LogP contribution in [0.25, 0.3) is 0 Å². The number of hydrogen-bond acceptors (Lipinski definition) is 7. The van der Waals surface area contributed by atoms with Crippen LogP contribution in [-0.4, -0.2) is 120 Å². The average molecular weight is 662 g/mol. The molecule has 2 rings (SSSR count). The van der Waals surface area contributed by atoms with E-state index in [-0.39, 0.29) is 24.0 Å². The molecule has 0 spiro atoms. The third-order valence-electron chi connectivity index (χ3n) is 8.72. The van der Waals surface area contributed by atoms with Gasteiger partial charge in [0.2, 0.25) is 11.7 Å². The summed E-state index contributed by atoms with van der Waals surface area (Å²) in [5.41, 5.74) is -0.989. The van der Waals surface area contributed by atoms with E-state index in [1.807, 2.05) is 48.5 Å². The van der Waals surface area contributed by atoms with Crippen molar-refractivity contribution >= 4 is 29.7 Å². The van der Waals surface area contributed by atoms with Crippen LogP contribution < -0.4 is 21.3 Å². The van der Waals surface area contributed by atoms with E-state index in [4.69, 9.17) is 0 Å². The molecule has 0 aromatic carbocycles. The lowest BCUT2D eigenvalue weighted by Crippen LogP contribution is -2.63. The highest BCUT2D eigenvalue weighted by Crippen LogP contribution is 2.29. The molecule has 13 nitrogen and oxygen atoms in total. The number of urea groups is 2. The predicted molar refractivity (Wildman–Crippen MR) is 182 cm³/mol. The van der Waals surface area contributed by atoms with Crippen LogP contribution in [0.15, 0.2) is 24.8 Å². The Kier molecular flexibility index (Phi) is 14.9. The van der Waals surface area contributed by atoms with Crippen molar-refractivity contribution < 1.29 is 29.1 Å². The third kappa shape index (κ3) is 11.6. The van der Waals surface area contributed by atoms with Crippen LogP contribution in [-0.2, 0) is 14.4 Å². The summed E-state index contributed by atoms with van der Waals surface area (Å²) in [5.74, 6) is -2.11. The van der Waals surface area contributed by atoms with Crippen LogP contribution in [0.1, 0.15) is 80.6 Å². The second kappa shape index (κ2) is 17.6. The highest BCUT2D eigenvalue weighted by Gasteiger charge is 2.43. The highest BCUT2D eigenvalue weighted by molar-refractivity contribution is 6.39. The van der Waals surface area contributed by atoms with Gasteiger partial charge in [0.05, 0.1) is 18.1 Å². The van der Waals surface area contributed by atoms with Gasteiger partial charge in [0.25, 0.3) is 5.91 Å². The molecular weight excluding hydrogens is 602 g/mol. The van der Waals surface area contributed by atoms with E-state index < -0.39 is 53.4 Å². The SMILES string of the molecule is C=CCNC(=O)C(=O)C(/C=C/CCC)NC(=O)[C@@H]1CCCN1C(O)[C@@H](NC(=O)N[C@H](CN1CCCN(C)C1=O)C(C)(C)C)C(C)(C)C. The molecule has 0 bridgehead atoms. The molecule has 0 aliphatic carbocycles. The number of aliphatic hydroxyl groups excluding tert-OH is 1. The quantitative estimate of drug-likeness (QED) is 0.133. The lowest BCUT2D eigenvalue weighted by molar-refractivity contribution is -0.140. The molecule has 6 amide bonds. The molecule has 2 aliphatic rings. The first-order valence-electron chi connectivity index (χ1n) is 16.8. The maximum Gasteiger partial charge on any atom is 0.319 e. The third-order valence-corrected chi connectivity index (χ3v) is 8.72. The number of unbranched alkanes of at least 4 members (excludes halogenated alkanes) is 1. The molecule has 2 aliphatic heterocycles. The number of nitrogens with one attached hydrogen (secondary N) is 4. The van der Waals surface area contributed by atoms with Crippen molar-refractivity contribution in [2.24, 2.45) is 10.8 Å². The van der Waals surface area contributed by atoms with Gasteiger partial charge >= 0.3 is 12.1 Å². The zero-order chi connectivity index (χ0) is 35.5. The van der Waals surface area contributed by atoms with Crippen molar-refractivity contribution in [2.75, 3.05) is 39.8 Å². The van der Waals surface area contributed by atoms with Gasteiger partial charge in [-0.3, -0.25) is 19.3 Å². The molecule has 5 N–H and O–H groups in total. The van der Waals surface area contributed by atoms with Gasteiger partial charge in [-0.25, -0.2) is 9.59 Å². The number of carbonyl (C=O) groups is 5. The van der Waals surface area contributed by atoms with Gasteiger partial charge in [0, 0.05) is 39.8 Å². The number of aliphatic hydroxyl groups is 1. The zero-order valence-electron chi connectivity index (χ0n) is 29.7. The Bertz CT molecular complexity index is 1140. The first-order chi connectivity index (χ1) is 21.9. The first kappa shape index (κ1) is 39.7. The minimum Gasteiger partial charge on any atom is -0.376 e. The van der Waals surface area contributed by atoms with Crippen LogP contribution >= 0.6 is 0 Å². The van der Waals surface area contributed by atoms with Gasteiger partial charge in [-0.05, 0) is 36.5 Å². The molecule has 0 saturated carbocycles. The maximum atomic E-state index is 13.6. The number of allylic oxidation sites excluding steroid dienone is 1. The number of likely N-dealkylation sites (tertiary alicyclic amines) is 1. The van der Waals surface area contributed by atoms with Crippen molar-refractivity contribution in [3.8, 4) is 0 Å². The van der Waals surface area contributed by atoms with Gasteiger partial charge in [-0.15, -0.1) is 6.58 Å². The number of hydrogen-bond donors (Lipinski definition) is 5. The lowest BCUT2D eigenvalue weighted by atomic mass is 9.84. The fourth-order valence-corrected chi connectivity index (χ4v) is 5.76. The van der Waals surface area contributed by atoms with Crippen molar-refractivity contribution in [1.82, 2.24) is 36.0 Å². The van der Waals surface area contributed by atoms with Crippen molar-refractivity contribution in [2.45, 2.75) is 111 Å². The second-order valence-electron chi connectivity index (χ2n) is 14.8. The van der Waals surface area contributed by atoms with Crippen LogP contribution in [0.5, 0.6) is 0 Å². The van der Waals surface area contributed by atoms with E-state index in [1.165, 1.54) is 12.2 Å². The molecule has 2 fully saturated rings. The molecule has 2 unspecified atom stereocenters. The van der Waals surface area contributed by atoms with Gasteiger partial charge in [-0.1, -0.05) is 73.1 Å². The molecule has 13 heteroatoms. The number of amides is 6. The van der Waals surface area contributed by atoms with Crippen LogP contribution in [0, 0.1) is 10.8 Å². The molecule has 0 radical (unpaired) electrons.